The number of benzene rings is 1. The third kappa shape index (κ3) is 6.62. The molecular weight excluding hydrogens is 328 g/mol. The number of anilines is 1. The molecule has 0 bridgehead atoms. The molecule has 3 N–H and O–H groups in total. The van der Waals surface area contributed by atoms with Crippen LogP contribution < -0.4 is 11.1 Å². The molecule has 0 heterocycles. The normalized spacial score (nSPS) is 13.0. The number of carbonyl (C=O) groups is 1. The average Bonchev–Trinajstić information content (AvgIpc) is 2.31. The summed E-state index contributed by atoms with van der Waals surface area (Å²) in [5.41, 5.74) is 7.84. The van der Waals surface area contributed by atoms with Crippen LogP contribution in [0.3, 0.4) is 0 Å². The van der Waals surface area contributed by atoms with E-state index >= 15 is 0 Å². The van der Waals surface area contributed by atoms with Crippen LogP contribution >= 0.6 is 15.9 Å². The van der Waals surface area contributed by atoms with Crippen molar-refractivity contribution in [2.45, 2.75) is 47.0 Å². The highest BCUT2D eigenvalue weighted by molar-refractivity contribution is 9.10. The third-order valence-electron chi connectivity index (χ3n) is 3.79. The lowest BCUT2D eigenvalue weighted by Gasteiger charge is -2.30. The predicted molar refractivity (Wildman–Crippen MR) is 93.4 cm³/mol. The topological polar surface area (TPSA) is 55.1 Å². The van der Waals surface area contributed by atoms with Crippen molar-refractivity contribution in [3.8, 4) is 0 Å². The third-order valence-corrected chi connectivity index (χ3v) is 4.24. The molecule has 0 radical (unpaired) electrons. The van der Waals surface area contributed by atoms with Crippen molar-refractivity contribution in [1.29, 1.82) is 0 Å². The summed E-state index contributed by atoms with van der Waals surface area (Å²) in [6.45, 7) is 9.32. The van der Waals surface area contributed by atoms with Gasteiger partial charge in [-0.15, -0.1) is 0 Å². The molecule has 0 fully saturated rings. The van der Waals surface area contributed by atoms with E-state index in [1.165, 1.54) is 0 Å². The van der Waals surface area contributed by atoms with Gasteiger partial charge in [0.1, 0.15) is 0 Å². The number of rotatable bonds is 6. The van der Waals surface area contributed by atoms with Crippen molar-refractivity contribution in [1.82, 2.24) is 0 Å². The fraction of sp³-hybridized carbons (Fsp3) is 0.588. The van der Waals surface area contributed by atoms with E-state index < -0.39 is 0 Å². The van der Waals surface area contributed by atoms with E-state index in [-0.39, 0.29) is 11.3 Å². The van der Waals surface area contributed by atoms with Crippen LogP contribution in [0.4, 0.5) is 5.69 Å². The molecule has 0 aliphatic rings. The number of aryl methyl sites for hydroxylation is 1. The first kappa shape index (κ1) is 18.2. The van der Waals surface area contributed by atoms with E-state index in [4.69, 9.17) is 5.73 Å². The summed E-state index contributed by atoms with van der Waals surface area (Å²) in [5, 5.41) is 2.97. The zero-order valence-corrected chi connectivity index (χ0v) is 15.1. The second-order valence-electron chi connectivity index (χ2n) is 6.74. The van der Waals surface area contributed by atoms with Gasteiger partial charge in [0.05, 0.1) is 0 Å². The van der Waals surface area contributed by atoms with Gasteiger partial charge in [0.2, 0.25) is 5.91 Å². The van der Waals surface area contributed by atoms with Crippen LogP contribution in [0, 0.1) is 18.3 Å². The molecule has 118 valence electrons. The average molecular weight is 355 g/mol. The minimum atomic E-state index is 0.0683. The molecule has 0 spiro atoms. The van der Waals surface area contributed by atoms with Crippen molar-refractivity contribution >= 4 is 27.5 Å². The molecule has 1 aromatic rings. The maximum Gasteiger partial charge on any atom is 0.224 e. The van der Waals surface area contributed by atoms with Gasteiger partial charge in [0.25, 0.3) is 0 Å². The first-order chi connectivity index (χ1) is 9.72. The Morgan fingerprint density at radius 3 is 2.48 bits per heavy atom. The molecule has 0 saturated heterocycles. The Hall–Kier alpha value is -0.870. The van der Waals surface area contributed by atoms with E-state index in [2.05, 4.69) is 42.0 Å². The Bertz CT molecular complexity index is 460. The van der Waals surface area contributed by atoms with Crippen LogP contribution in [0.25, 0.3) is 0 Å². The zero-order valence-electron chi connectivity index (χ0n) is 13.5. The Morgan fingerprint density at radius 1 is 1.29 bits per heavy atom. The lowest BCUT2D eigenvalue weighted by molar-refractivity contribution is -0.116. The van der Waals surface area contributed by atoms with Crippen LogP contribution in [-0.2, 0) is 4.79 Å². The Balaban J connectivity index is 2.57. The van der Waals surface area contributed by atoms with Gasteiger partial charge in [-0.25, -0.2) is 0 Å². The van der Waals surface area contributed by atoms with Crippen LogP contribution in [-0.4, -0.2) is 12.5 Å². The van der Waals surface area contributed by atoms with E-state index in [1.807, 2.05) is 25.1 Å². The van der Waals surface area contributed by atoms with Gasteiger partial charge < -0.3 is 11.1 Å². The summed E-state index contributed by atoms with van der Waals surface area (Å²) < 4.78 is 0.980. The largest absolute Gasteiger partial charge is 0.330 e. The van der Waals surface area contributed by atoms with Gasteiger partial charge in [-0.3, -0.25) is 4.79 Å². The number of nitrogens with one attached hydrogen (secondary N) is 1. The summed E-state index contributed by atoms with van der Waals surface area (Å²) >= 11 is 3.45. The van der Waals surface area contributed by atoms with Gasteiger partial charge in [-0.2, -0.15) is 0 Å². The molecule has 1 aromatic carbocycles. The second-order valence-corrected chi connectivity index (χ2v) is 7.66. The first-order valence-electron chi connectivity index (χ1n) is 7.49. The van der Waals surface area contributed by atoms with Crippen molar-refractivity contribution < 1.29 is 4.79 Å². The monoisotopic (exact) mass is 354 g/mol. The number of amides is 1. The molecule has 0 aliphatic carbocycles. The summed E-state index contributed by atoms with van der Waals surface area (Å²) in [6, 6.07) is 5.92. The highest BCUT2D eigenvalue weighted by Gasteiger charge is 2.24. The molecular formula is C17H27BrN2O. The maximum absolute atomic E-state index is 12.1. The van der Waals surface area contributed by atoms with Crippen molar-refractivity contribution in [3.63, 3.8) is 0 Å². The van der Waals surface area contributed by atoms with Crippen LogP contribution in [0.5, 0.6) is 0 Å². The summed E-state index contributed by atoms with van der Waals surface area (Å²) in [5.74, 6) is 0.538. The smallest absolute Gasteiger partial charge is 0.224 e. The lowest BCUT2D eigenvalue weighted by atomic mass is 9.76. The maximum atomic E-state index is 12.1. The van der Waals surface area contributed by atoms with Crippen LogP contribution in [0.1, 0.15) is 45.6 Å². The van der Waals surface area contributed by atoms with Gasteiger partial charge in [-0.05, 0) is 61.4 Å². The number of nitrogens with two attached hydrogens (primary N) is 1. The van der Waals surface area contributed by atoms with Crippen LogP contribution in [0.2, 0.25) is 0 Å². The minimum absolute atomic E-state index is 0.0683. The van der Waals surface area contributed by atoms with E-state index in [0.29, 0.717) is 18.9 Å². The van der Waals surface area contributed by atoms with E-state index in [0.717, 1.165) is 28.6 Å². The summed E-state index contributed by atoms with van der Waals surface area (Å²) in [4.78, 5) is 12.1. The molecule has 0 aromatic heterocycles. The Morgan fingerprint density at radius 2 is 1.95 bits per heavy atom. The Kier molecular flexibility index (Phi) is 6.88. The van der Waals surface area contributed by atoms with Crippen LogP contribution in [0.15, 0.2) is 22.7 Å². The van der Waals surface area contributed by atoms with E-state index in [1.54, 1.807) is 0 Å². The molecule has 0 aliphatic heterocycles. The second kappa shape index (κ2) is 7.95. The first-order valence-corrected chi connectivity index (χ1v) is 8.29. The Labute approximate surface area is 136 Å². The van der Waals surface area contributed by atoms with Gasteiger partial charge >= 0.3 is 0 Å². The quantitative estimate of drug-likeness (QED) is 0.790. The molecule has 21 heavy (non-hydrogen) atoms. The van der Waals surface area contributed by atoms with E-state index in [9.17, 15) is 4.79 Å². The molecule has 1 unspecified atom stereocenters. The van der Waals surface area contributed by atoms with Crippen molar-refractivity contribution in [3.05, 3.63) is 28.2 Å². The molecule has 0 saturated carbocycles. The highest BCUT2D eigenvalue weighted by Crippen LogP contribution is 2.32. The fourth-order valence-electron chi connectivity index (χ4n) is 2.55. The summed E-state index contributed by atoms with van der Waals surface area (Å²) in [6.07, 6.45) is 2.37. The molecule has 1 amide bonds. The number of hydrogen-bond acceptors (Lipinski definition) is 2. The summed E-state index contributed by atoms with van der Waals surface area (Å²) in [7, 11) is 0. The van der Waals surface area contributed by atoms with Gasteiger partial charge in [0.15, 0.2) is 0 Å². The predicted octanol–water partition coefficient (Wildman–Crippen LogP) is 4.49. The SMILES string of the molecule is Cc1cc(Br)cc(NC(=O)CCC(CCN)C(C)(C)C)c1. The zero-order chi connectivity index (χ0) is 16.0. The highest BCUT2D eigenvalue weighted by atomic mass is 79.9. The lowest BCUT2D eigenvalue weighted by Crippen LogP contribution is -2.25. The molecule has 1 atom stereocenters. The minimum Gasteiger partial charge on any atom is -0.330 e. The van der Waals surface area contributed by atoms with Crippen molar-refractivity contribution in [2.24, 2.45) is 17.1 Å². The number of hydrogen-bond donors (Lipinski definition) is 2. The number of halogens is 1. The standard InChI is InChI=1S/C17H27BrN2O/c1-12-9-14(18)11-15(10-12)20-16(21)6-5-13(7-8-19)17(2,3)4/h9-11,13H,5-8,19H2,1-4H3,(H,20,21). The van der Waals surface area contributed by atoms with Gasteiger partial charge in [-0.1, -0.05) is 36.7 Å². The fourth-order valence-corrected chi connectivity index (χ4v) is 3.16. The molecule has 4 heteroatoms. The molecule has 1 rings (SSSR count). The molecule has 3 nitrogen and oxygen atoms in total. The van der Waals surface area contributed by atoms with Crippen molar-refractivity contribution in [2.75, 3.05) is 11.9 Å². The van der Waals surface area contributed by atoms with Gasteiger partial charge in [0, 0.05) is 16.6 Å². The number of carbonyl (C=O) groups excluding carboxylic acids is 1.